The number of nitrogens with zero attached hydrogens (tertiary/aromatic N) is 1. The van der Waals surface area contributed by atoms with Gasteiger partial charge in [-0.15, -0.1) is 0 Å². The molecule has 0 saturated heterocycles. The lowest BCUT2D eigenvalue weighted by atomic mass is 10.0. The molecule has 0 unspecified atom stereocenters. The number of pyridine rings is 1. The van der Waals surface area contributed by atoms with Crippen molar-refractivity contribution in [2.24, 2.45) is 0 Å². The van der Waals surface area contributed by atoms with Crippen LogP contribution in [0.25, 0.3) is 0 Å². The molecule has 162 valence electrons. The van der Waals surface area contributed by atoms with Crippen molar-refractivity contribution in [3.63, 3.8) is 0 Å². The average Bonchev–Trinajstić information content (AvgIpc) is 2.68. The molecule has 0 atom stereocenters. The Labute approximate surface area is 196 Å². The van der Waals surface area contributed by atoms with Crippen LogP contribution in [0.3, 0.4) is 0 Å². The van der Waals surface area contributed by atoms with E-state index in [1.54, 1.807) is 6.07 Å². The van der Waals surface area contributed by atoms with E-state index in [1.165, 1.54) is 36.4 Å². The van der Waals surface area contributed by atoms with Gasteiger partial charge in [0.05, 0.1) is 11.2 Å². The van der Waals surface area contributed by atoms with Crippen molar-refractivity contribution in [3.8, 4) is 11.6 Å². The van der Waals surface area contributed by atoms with Crippen LogP contribution in [0.15, 0.2) is 64.5 Å². The molecule has 3 aromatic rings. The maximum absolute atomic E-state index is 12.6. The van der Waals surface area contributed by atoms with Crippen LogP contribution in [0.1, 0.15) is 15.9 Å². The Hall–Kier alpha value is -1.88. The summed E-state index contributed by atoms with van der Waals surface area (Å²) in [6, 6.07) is 10.8. The third-order valence-corrected chi connectivity index (χ3v) is 7.04. The predicted octanol–water partition coefficient (Wildman–Crippen LogP) is 5.27. The zero-order chi connectivity index (χ0) is 23.0. The van der Waals surface area contributed by atoms with E-state index in [9.17, 15) is 21.6 Å². The van der Waals surface area contributed by atoms with Gasteiger partial charge in [-0.3, -0.25) is 4.79 Å². The molecule has 1 aromatic heterocycles. The van der Waals surface area contributed by atoms with Gasteiger partial charge in [0.2, 0.25) is 5.88 Å². The molecule has 3 rings (SSSR count). The summed E-state index contributed by atoms with van der Waals surface area (Å²) in [6.45, 7) is 0. The summed E-state index contributed by atoms with van der Waals surface area (Å²) in [6.07, 6.45) is 0.822. The molecule has 0 aliphatic heterocycles. The van der Waals surface area contributed by atoms with E-state index in [0.29, 0.717) is 5.02 Å². The molecule has 1 heterocycles. The van der Waals surface area contributed by atoms with E-state index in [4.69, 9.17) is 49.3 Å². The summed E-state index contributed by atoms with van der Waals surface area (Å²) < 4.78 is 51.9. The first-order valence-electron chi connectivity index (χ1n) is 8.03. The third kappa shape index (κ3) is 5.68. The Kier molecular flexibility index (Phi) is 6.85. The van der Waals surface area contributed by atoms with Crippen molar-refractivity contribution >= 4 is 68.5 Å². The highest BCUT2D eigenvalue weighted by Crippen LogP contribution is 2.32. The topological polar surface area (TPSA) is 107 Å². The van der Waals surface area contributed by atoms with Gasteiger partial charge in [-0.05, 0) is 48.5 Å². The van der Waals surface area contributed by atoms with E-state index < -0.39 is 39.6 Å². The van der Waals surface area contributed by atoms with Crippen LogP contribution in [0.4, 0.5) is 0 Å². The number of aromatic nitrogens is 1. The highest BCUT2D eigenvalue weighted by molar-refractivity contribution is 8.14. The molecule has 31 heavy (non-hydrogen) atoms. The van der Waals surface area contributed by atoms with Crippen LogP contribution in [0.2, 0.25) is 10.0 Å². The van der Waals surface area contributed by atoms with Crippen LogP contribution in [0.5, 0.6) is 11.6 Å². The monoisotopic (exact) mass is 539 g/mol. The number of hydrogen-bond acceptors (Lipinski definition) is 7. The number of ether oxygens (including phenoxy) is 1. The summed E-state index contributed by atoms with van der Waals surface area (Å²) >= 11 is 12.0. The highest BCUT2D eigenvalue weighted by Gasteiger charge is 2.23. The molecule has 13 heteroatoms. The molecule has 0 aliphatic rings. The van der Waals surface area contributed by atoms with Crippen molar-refractivity contribution in [3.05, 3.63) is 75.9 Å². The fraction of sp³-hybridized carbons (Fsp3) is 0. The maximum atomic E-state index is 12.6. The zero-order valence-electron chi connectivity index (χ0n) is 14.9. The summed E-state index contributed by atoms with van der Waals surface area (Å²) in [7, 11) is 1.90. The standard InChI is InChI=1S/C18H9Cl4NO6S2/c19-11-3-6-15(20)14(7-11)17(24)10-1-4-12(5-2-10)29-18-16(31(22,27)28)8-13(9-23-18)30(21,25)26/h1-9H. The first-order chi connectivity index (χ1) is 14.4. The second kappa shape index (κ2) is 8.93. The van der Waals surface area contributed by atoms with E-state index in [0.717, 1.165) is 12.3 Å². The van der Waals surface area contributed by atoms with Crippen molar-refractivity contribution < 1.29 is 26.4 Å². The fourth-order valence-electron chi connectivity index (χ4n) is 2.41. The third-order valence-electron chi connectivity index (χ3n) is 3.84. The van der Waals surface area contributed by atoms with Gasteiger partial charge in [0.15, 0.2) is 5.78 Å². The average molecular weight is 541 g/mol. The van der Waals surface area contributed by atoms with Crippen molar-refractivity contribution in [1.29, 1.82) is 0 Å². The van der Waals surface area contributed by atoms with E-state index >= 15 is 0 Å². The lowest BCUT2D eigenvalue weighted by Crippen LogP contribution is -2.03. The van der Waals surface area contributed by atoms with Gasteiger partial charge < -0.3 is 4.74 Å². The van der Waals surface area contributed by atoms with Gasteiger partial charge in [0.25, 0.3) is 18.1 Å². The Morgan fingerprint density at radius 1 is 0.871 bits per heavy atom. The number of carbonyl (C=O) groups excluding carboxylic acids is 1. The molecule has 0 fully saturated rings. The number of carbonyl (C=O) groups is 1. The number of hydrogen-bond donors (Lipinski definition) is 0. The Morgan fingerprint density at radius 3 is 2.10 bits per heavy atom. The molecular weight excluding hydrogens is 532 g/mol. The van der Waals surface area contributed by atoms with Crippen molar-refractivity contribution in [2.45, 2.75) is 9.79 Å². The Balaban J connectivity index is 1.93. The van der Waals surface area contributed by atoms with Gasteiger partial charge in [-0.2, -0.15) is 0 Å². The van der Waals surface area contributed by atoms with Gasteiger partial charge in [-0.25, -0.2) is 21.8 Å². The minimum Gasteiger partial charge on any atom is -0.438 e. The molecule has 2 aromatic carbocycles. The Morgan fingerprint density at radius 2 is 1.52 bits per heavy atom. The first-order valence-corrected chi connectivity index (χ1v) is 13.4. The van der Waals surface area contributed by atoms with Gasteiger partial charge in [0.1, 0.15) is 15.5 Å². The lowest BCUT2D eigenvalue weighted by molar-refractivity contribution is 0.103. The second-order valence-electron chi connectivity index (χ2n) is 5.93. The fourth-order valence-corrected chi connectivity index (χ4v) is 4.45. The van der Waals surface area contributed by atoms with Gasteiger partial charge in [0, 0.05) is 37.5 Å². The van der Waals surface area contributed by atoms with Crippen LogP contribution >= 0.6 is 44.6 Å². The SMILES string of the molecule is O=C(c1ccc(Oc2ncc(S(=O)(=O)Cl)cc2S(=O)(=O)Cl)cc1)c1cc(Cl)ccc1Cl. The van der Waals surface area contributed by atoms with Crippen LogP contribution in [-0.2, 0) is 18.1 Å². The summed E-state index contributed by atoms with van der Waals surface area (Å²) in [4.78, 5) is 15.1. The maximum Gasteiger partial charge on any atom is 0.266 e. The summed E-state index contributed by atoms with van der Waals surface area (Å²) in [5, 5.41) is 0.571. The lowest BCUT2D eigenvalue weighted by Gasteiger charge is -2.10. The first kappa shape index (κ1) is 23.8. The molecular formula is C18H9Cl4NO6S2. The molecule has 0 spiro atoms. The normalized spacial score (nSPS) is 11.9. The number of rotatable bonds is 6. The quantitative estimate of drug-likeness (QED) is 0.309. The van der Waals surface area contributed by atoms with Gasteiger partial charge in [-0.1, -0.05) is 23.2 Å². The van der Waals surface area contributed by atoms with Crippen LogP contribution in [0, 0.1) is 0 Å². The number of halogens is 4. The zero-order valence-corrected chi connectivity index (χ0v) is 19.6. The van der Waals surface area contributed by atoms with Gasteiger partial charge >= 0.3 is 0 Å². The minimum absolute atomic E-state index is 0.101. The molecule has 0 radical (unpaired) electrons. The highest BCUT2D eigenvalue weighted by atomic mass is 35.7. The largest absolute Gasteiger partial charge is 0.438 e. The summed E-state index contributed by atoms with van der Waals surface area (Å²) in [5.41, 5.74) is 0.469. The molecule has 7 nitrogen and oxygen atoms in total. The number of ketones is 1. The molecule has 0 saturated carbocycles. The van der Waals surface area contributed by atoms with E-state index in [1.807, 2.05) is 0 Å². The second-order valence-corrected chi connectivity index (χ2v) is 11.9. The van der Waals surface area contributed by atoms with Crippen molar-refractivity contribution in [1.82, 2.24) is 4.98 Å². The number of benzene rings is 2. The molecule has 0 aliphatic carbocycles. The minimum atomic E-state index is -4.42. The predicted molar refractivity (Wildman–Crippen MR) is 117 cm³/mol. The molecule has 0 amide bonds. The smallest absolute Gasteiger partial charge is 0.266 e. The molecule has 0 N–H and O–H groups in total. The van der Waals surface area contributed by atoms with E-state index in [-0.39, 0.29) is 21.9 Å². The van der Waals surface area contributed by atoms with Crippen LogP contribution in [-0.4, -0.2) is 27.6 Å². The van der Waals surface area contributed by atoms with E-state index in [2.05, 4.69) is 4.98 Å². The van der Waals surface area contributed by atoms with Crippen molar-refractivity contribution in [2.75, 3.05) is 0 Å². The molecule has 0 bridgehead atoms. The Bertz CT molecular complexity index is 1390. The van der Waals surface area contributed by atoms with Crippen LogP contribution < -0.4 is 4.74 Å². The summed E-state index contributed by atoms with van der Waals surface area (Å²) in [5.74, 6) is -0.766.